The summed E-state index contributed by atoms with van der Waals surface area (Å²) in [5.74, 6) is 0.861. The van der Waals surface area contributed by atoms with Crippen LogP contribution in [0.1, 0.15) is 12.5 Å². The van der Waals surface area contributed by atoms with Crippen molar-refractivity contribution in [1.29, 1.82) is 0 Å². The number of aliphatic hydroxyl groups excluding tert-OH is 1. The van der Waals surface area contributed by atoms with E-state index in [9.17, 15) is 0 Å². The van der Waals surface area contributed by atoms with E-state index >= 15 is 0 Å². The van der Waals surface area contributed by atoms with E-state index in [1.807, 2.05) is 24.3 Å². The standard InChI is InChI=1S/C14H17NO2/c1-2-15-13-10-12(14-4-3-9-17-14)6-5-11(13)7-8-16/h3-6,9-10,15-16H,2,7-8H2,1H3. The van der Waals surface area contributed by atoms with Gasteiger partial charge in [0.05, 0.1) is 6.26 Å². The molecule has 2 aromatic rings. The Labute approximate surface area is 101 Å². The van der Waals surface area contributed by atoms with Crippen molar-refractivity contribution in [2.45, 2.75) is 13.3 Å². The van der Waals surface area contributed by atoms with Gasteiger partial charge in [-0.2, -0.15) is 0 Å². The van der Waals surface area contributed by atoms with Crippen LogP contribution in [0.5, 0.6) is 0 Å². The van der Waals surface area contributed by atoms with Crippen LogP contribution in [-0.4, -0.2) is 18.3 Å². The second kappa shape index (κ2) is 5.55. The molecule has 3 nitrogen and oxygen atoms in total. The van der Waals surface area contributed by atoms with Crippen molar-refractivity contribution in [2.75, 3.05) is 18.5 Å². The number of benzene rings is 1. The molecule has 2 rings (SSSR count). The first-order valence-electron chi connectivity index (χ1n) is 5.86. The minimum absolute atomic E-state index is 0.165. The van der Waals surface area contributed by atoms with E-state index in [0.29, 0.717) is 6.42 Å². The Balaban J connectivity index is 2.34. The highest BCUT2D eigenvalue weighted by atomic mass is 16.3. The zero-order valence-electron chi connectivity index (χ0n) is 9.94. The number of anilines is 1. The fourth-order valence-corrected chi connectivity index (χ4v) is 1.87. The summed E-state index contributed by atoms with van der Waals surface area (Å²) < 4.78 is 5.38. The maximum atomic E-state index is 9.02. The lowest BCUT2D eigenvalue weighted by molar-refractivity contribution is 0.300. The zero-order valence-corrected chi connectivity index (χ0v) is 9.94. The van der Waals surface area contributed by atoms with E-state index in [1.165, 1.54) is 0 Å². The highest BCUT2D eigenvalue weighted by Crippen LogP contribution is 2.26. The fourth-order valence-electron chi connectivity index (χ4n) is 1.87. The number of aliphatic hydroxyl groups is 1. The average Bonchev–Trinajstić information content (AvgIpc) is 2.85. The molecule has 3 heteroatoms. The number of rotatable bonds is 5. The Morgan fingerprint density at radius 3 is 2.82 bits per heavy atom. The van der Waals surface area contributed by atoms with Crippen LogP contribution in [0.25, 0.3) is 11.3 Å². The number of nitrogens with one attached hydrogen (secondary N) is 1. The highest BCUT2D eigenvalue weighted by molar-refractivity contribution is 5.66. The van der Waals surface area contributed by atoms with Crippen molar-refractivity contribution in [2.24, 2.45) is 0 Å². The van der Waals surface area contributed by atoms with E-state index in [2.05, 4.69) is 18.3 Å². The van der Waals surface area contributed by atoms with Crippen LogP contribution in [0.3, 0.4) is 0 Å². The molecule has 1 aromatic heterocycles. The maximum absolute atomic E-state index is 9.02. The predicted molar refractivity (Wildman–Crippen MR) is 69.1 cm³/mol. The van der Waals surface area contributed by atoms with Crippen molar-refractivity contribution >= 4 is 5.69 Å². The van der Waals surface area contributed by atoms with E-state index in [1.54, 1.807) is 6.26 Å². The van der Waals surface area contributed by atoms with Crippen LogP contribution in [-0.2, 0) is 6.42 Å². The smallest absolute Gasteiger partial charge is 0.133 e. The third kappa shape index (κ3) is 2.68. The number of hydrogen-bond donors (Lipinski definition) is 2. The molecule has 0 atom stereocenters. The summed E-state index contributed by atoms with van der Waals surface area (Å²) in [6, 6.07) is 9.94. The summed E-state index contributed by atoms with van der Waals surface area (Å²) in [5, 5.41) is 12.3. The second-order valence-electron chi connectivity index (χ2n) is 3.85. The molecule has 17 heavy (non-hydrogen) atoms. The first-order valence-corrected chi connectivity index (χ1v) is 5.86. The minimum atomic E-state index is 0.165. The molecule has 0 spiro atoms. The Morgan fingerprint density at radius 1 is 1.29 bits per heavy atom. The molecule has 0 radical (unpaired) electrons. The molecule has 2 N–H and O–H groups in total. The monoisotopic (exact) mass is 231 g/mol. The Kier molecular flexibility index (Phi) is 3.83. The van der Waals surface area contributed by atoms with E-state index in [0.717, 1.165) is 29.1 Å². The molecular weight excluding hydrogens is 214 g/mol. The third-order valence-corrected chi connectivity index (χ3v) is 2.66. The molecule has 0 saturated heterocycles. The van der Waals surface area contributed by atoms with Gasteiger partial charge in [0.25, 0.3) is 0 Å². The van der Waals surface area contributed by atoms with Crippen LogP contribution >= 0.6 is 0 Å². The number of furan rings is 1. The summed E-state index contributed by atoms with van der Waals surface area (Å²) in [6.45, 7) is 3.08. The van der Waals surface area contributed by atoms with Crippen LogP contribution < -0.4 is 5.32 Å². The SMILES string of the molecule is CCNc1cc(-c2ccco2)ccc1CCO. The molecule has 0 unspecified atom stereocenters. The molecular formula is C14H17NO2. The lowest BCUT2D eigenvalue weighted by atomic mass is 10.0. The molecule has 90 valence electrons. The first-order chi connectivity index (χ1) is 8.35. The van der Waals surface area contributed by atoms with Crippen molar-refractivity contribution < 1.29 is 9.52 Å². The van der Waals surface area contributed by atoms with E-state index < -0.39 is 0 Å². The lowest BCUT2D eigenvalue weighted by Crippen LogP contribution is -2.02. The normalized spacial score (nSPS) is 10.5. The zero-order chi connectivity index (χ0) is 12.1. The number of hydrogen-bond acceptors (Lipinski definition) is 3. The summed E-state index contributed by atoms with van der Waals surface area (Å²) in [6.07, 6.45) is 2.34. The molecule has 0 aliphatic heterocycles. The van der Waals surface area contributed by atoms with E-state index in [-0.39, 0.29) is 6.61 Å². The van der Waals surface area contributed by atoms with Gasteiger partial charge in [0, 0.05) is 24.4 Å². The van der Waals surface area contributed by atoms with Crippen molar-refractivity contribution in [1.82, 2.24) is 0 Å². The topological polar surface area (TPSA) is 45.4 Å². The summed E-state index contributed by atoms with van der Waals surface area (Å²) in [4.78, 5) is 0. The van der Waals surface area contributed by atoms with Crippen LogP contribution in [0, 0.1) is 0 Å². The van der Waals surface area contributed by atoms with Crippen LogP contribution in [0.15, 0.2) is 41.0 Å². The van der Waals surface area contributed by atoms with Crippen molar-refractivity contribution in [3.05, 3.63) is 42.2 Å². The molecule has 1 aromatic carbocycles. The Morgan fingerprint density at radius 2 is 2.18 bits per heavy atom. The molecule has 0 aliphatic rings. The predicted octanol–water partition coefficient (Wildman–Crippen LogP) is 2.91. The van der Waals surface area contributed by atoms with Gasteiger partial charge >= 0.3 is 0 Å². The van der Waals surface area contributed by atoms with Gasteiger partial charge in [0.1, 0.15) is 5.76 Å². The van der Waals surface area contributed by atoms with Gasteiger partial charge < -0.3 is 14.8 Å². The summed E-state index contributed by atoms with van der Waals surface area (Å²) in [5.41, 5.74) is 3.24. The molecule has 0 amide bonds. The summed E-state index contributed by atoms with van der Waals surface area (Å²) >= 11 is 0. The fraction of sp³-hybridized carbons (Fsp3) is 0.286. The first kappa shape index (κ1) is 11.7. The Hall–Kier alpha value is -1.74. The molecule has 0 saturated carbocycles. The molecule has 1 heterocycles. The third-order valence-electron chi connectivity index (χ3n) is 2.66. The van der Waals surface area contributed by atoms with Gasteiger partial charge in [0.15, 0.2) is 0 Å². The van der Waals surface area contributed by atoms with Crippen LogP contribution in [0.2, 0.25) is 0 Å². The molecule has 0 fully saturated rings. The molecule has 0 aliphatic carbocycles. The van der Waals surface area contributed by atoms with Gasteiger partial charge in [-0.05, 0) is 37.1 Å². The van der Waals surface area contributed by atoms with Gasteiger partial charge in [-0.3, -0.25) is 0 Å². The Bertz CT molecular complexity index is 463. The minimum Gasteiger partial charge on any atom is -0.464 e. The van der Waals surface area contributed by atoms with Crippen molar-refractivity contribution in [3.8, 4) is 11.3 Å². The van der Waals surface area contributed by atoms with Crippen LogP contribution in [0.4, 0.5) is 5.69 Å². The van der Waals surface area contributed by atoms with Gasteiger partial charge in [-0.15, -0.1) is 0 Å². The molecule has 0 bridgehead atoms. The quantitative estimate of drug-likeness (QED) is 0.831. The van der Waals surface area contributed by atoms with Gasteiger partial charge in [-0.1, -0.05) is 12.1 Å². The largest absolute Gasteiger partial charge is 0.464 e. The van der Waals surface area contributed by atoms with Gasteiger partial charge in [-0.25, -0.2) is 0 Å². The maximum Gasteiger partial charge on any atom is 0.133 e. The highest BCUT2D eigenvalue weighted by Gasteiger charge is 2.06. The average molecular weight is 231 g/mol. The second-order valence-corrected chi connectivity index (χ2v) is 3.85. The van der Waals surface area contributed by atoms with E-state index in [4.69, 9.17) is 9.52 Å². The lowest BCUT2D eigenvalue weighted by Gasteiger charge is -2.11. The van der Waals surface area contributed by atoms with Crippen molar-refractivity contribution in [3.63, 3.8) is 0 Å². The summed E-state index contributed by atoms with van der Waals surface area (Å²) in [7, 11) is 0. The van der Waals surface area contributed by atoms with Gasteiger partial charge in [0.2, 0.25) is 0 Å².